The van der Waals surface area contributed by atoms with Gasteiger partial charge in [-0.2, -0.15) is 0 Å². The number of nitrogens with one attached hydrogen (secondary N) is 1. The normalized spacial score (nSPS) is 14.8. The quantitative estimate of drug-likeness (QED) is 0.665. The molecule has 2 aromatic carbocycles. The van der Waals surface area contributed by atoms with Gasteiger partial charge in [0.1, 0.15) is 5.56 Å². The van der Waals surface area contributed by atoms with Crippen LogP contribution < -0.4 is 10.9 Å². The number of para-hydroxylation sites is 1. The van der Waals surface area contributed by atoms with Crippen LogP contribution in [0, 0.1) is 19.3 Å². The number of benzene rings is 2. The van der Waals surface area contributed by atoms with Crippen LogP contribution in [-0.2, 0) is 6.42 Å². The summed E-state index contributed by atoms with van der Waals surface area (Å²) in [5.74, 6) is -0.526. The van der Waals surface area contributed by atoms with Crippen LogP contribution in [0.3, 0.4) is 0 Å². The number of aryl methyl sites for hydroxylation is 1. The fourth-order valence-electron chi connectivity index (χ4n) is 4.23. The maximum atomic E-state index is 13.5. The highest BCUT2D eigenvalue weighted by molar-refractivity contribution is 6.09. The Morgan fingerprint density at radius 2 is 1.68 bits per heavy atom. The molecule has 5 heteroatoms. The van der Waals surface area contributed by atoms with Gasteiger partial charge in [-0.25, -0.2) is 0 Å². The zero-order chi connectivity index (χ0) is 22.3. The van der Waals surface area contributed by atoms with Gasteiger partial charge < -0.3 is 5.32 Å². The molecule has 4 rings (SSSR count). The molecule has 1 heterocycles. The van der Waals surface area contributed by atoms with E-state index in [0.717, 1.165) is 11.1 Å². The van der Waals surface area contributed by atoms with Crippen molar-refractivity contribution in [2.45, 2.75) is 40.5 Å². The number of carbonyl (C=O) groups excluding carboxylic acids is 2. The van der Waals surface area contributed by atoms with Crippen LogP contribution in [0.2, 0.25) is 0 Å². The molecular weight excluding hydrogens is 388 g/mol. The molecule has 0 saturated carbocycles. The second kappa shape index (κ2) is 7.65. The standard InChI is InChI=1S/C26H26N2O3/c1-16-9-8-12-21(17(16)2)27-24(30)23-19-13-26(3,4)14-22(29)20(19)15-28(25(23)31)18-10-6-5-7-11-18/h5-12,15H,13-14H2,1-4H3,(H,27,30). The third-order valence-corrected chi connectivity index (χ3v) is 6.03. The lowest BCUT2D eigenvalue weighted by Crippen LogP contribution is -2.37. The van der Waals surface area contributed by atoms with Crippen molar-refractivity contribution in [1.82, 2.24) is 4.57 Å². The van der Waals surface area contributed by atoms with Crippen LogP contribution in [0.15, 0.2) is 59.5 Å². The minimum atomic E-state index is -0.481. The van der Waals surface area contributed by atoms with E-state index in [0.29, 0.717) is 35.3 Å². The number of anilines is 1. The largest absolute Gasteiger partial charge is 0.322 e. The maximum Gasteiger partial charge on any atom is 0.268 e. The van der Waals surface area contributed by atoms with Crippen molar-refractivity contribution in [3.63, 3.8) is 0 Å². The van der Waals surface area contributed by atoms with Crippen LogP contribution in [0.1, 0.15) is 57.7 Å². The van der Waals surface area contributed by atoms with Crippen molar-refractivity contribution in [3.8, 4) is 5.69 Å². The third-order valence-electron chi connectivity index (χ3n) is 6.03. The molecule has 0 saturated heterocycles. The first-order chi connectivity index (χ1) is 14.7. The van der Waals surface area contributed by atoms with E-state index in [2.05, 4.69) is 5.32 Å². The fraction of sp³-hybridized carbons (Fsp3) is 0.269. The Kier molecular flexibility index (Phi) is 5.13. The number of ketones is 1. The fourth-order valence-corrected chi connectivity index (χ4v) is 4.23. The van der Waals surface area contributed by atoms with Gasteiger partial charge in [-0.1, -0.05) is 44.2 Å². The topological polar surface area (TPSA) is 68.2 Å². The Morgan fingerprint density at radius 1 is 0.968 bits per heavy atom. The number of hydrogen-bond acceptors (Lipinski definition) is 3. The molecule has 1 amide bonds. The molecule has 158 valence electrons. The highest BCUT2D eigenvalue weighted by atomic mass is 16.2. The molecule has 0 bridgehead atoms. The molecule has 5 nitrogen and oxygen atoms in total. The smallest absolute Gasteiger partial charge is 0.268 e. The van der Waals surface area contributed by atoms with E-state index in [1.54, 1.807) is 18.3 Å². The summed E-state index contributed by atoms with van der Waals surface area (Å²) in [6, 6.07) is 14.7. The predicted molar refractivity (Wildman–Crippen MR) is 122 cm³/mol. The Labute approximate surface area is 181 Å². The summed E-state index contributed by atoms with van der Waals surface area (Å²) < 4.78 is 1.41. The average Bonchev–Trinajstić information content (AvgIpc) is 2.71. The molecule has 0 spiro atoms. The number of aromatic nitrogens is 1. The molecule has 1 N–H and O–H groups in total. The molecule has 1 aliphatic carbocycles. The van der Waals surface area contributed by atoms with E-state index < -0.39 is 11.5 Å². The highest BCUT2D eigenvalue weighted by Crippen LogP contribution is 2.36. The molecule has 0 unspecified atom stereocenters. The van der Waals surface area contributed by atoms with Gasteiger partial charge >= 0.3 is 0 Å². The van der Waals surface area contributed by atoms with Crippen molar-refractivity contribution in [3.05, 3.63) is 92.9 Å². The van der Waals surface area contributed by atoms with Gasteiger partial charge in [0.2, 0.25) is 0 Å². The first kappa shape index (κ1) is 20.8. The first-order valence-electron chi connectivity index (χ1n) is 10.4. The molecule has 0 aliphatic heterocycles. The molecular formula is C26H26N2O3. The lowest BCUT2D eigenvalue weighted by molar-refractivity contribution is 0.0910. The minimum Gasteiger partial charge on any atom is -0.322 e. The summed E-state index contributed by atoms with van der Waals surface area (Å²) in [6.45, 7) is 7.88. The van der Waals surface area contributed by atoms with Crippen LogP contribution in [0.5, 0.6) is 0 Å². The number of Topliss-reactive ketones (excluding diaryl/α,β-unsaturated/α-hetero) is 1. The van der Waals surface area contributed by atoms with Crippen molar-refractivity contribution in [1.29, 1.82) is 0 Å². The van der Waals surface area contributed by atoms with E-state index in [-0.39, 0.29) is 16.8 Å². The maximum absolute atomic E-state index is 13.5. The monoisotopic (exact) mass is 414 g/mol. The number of nitrogens with zero attached hydrogens (tertiary/aromatic N) is 1. The number of fused-ring (bicyclic) bond motifs is 1. The van der Waals surface area contributed by atoms with Gasteiger partial charge in [-0.15, -0.1) is 0 Å². The summed E-state index contributed by atoms with van der Waals surface area (Å²) in [6.07, 6.45) is 2.47. The van der Waals surface area contributed by atoms with Gasteiger partial charge in [-0.3, -0.25) is 19.0 Å². The predicted octanol–water partition coefficient (Wildman–Crippen LogP) is 4.86. The van der Waals surface area contributed by atoms with Crippen LogP contribution >= 0.6 is 0 Å². The molecule has 31 heavy (non-hydrogen) atoms. The van der Waals surface area contributed by atoms with E-state index in [1.165, 1.54) is 4.57 Å². The summed E-state index contributed by atoms with van der Waals surface area (Å²) >= 11 is 0. The van der Waals surface area contributed by atoms with Gasteiger partial charge in [0.05, 0.1) is 0 Å². The molecule has 3 aromatic rings. The van der Waals surface area contributed by atoms with Crippen LogP contribution in [-0.4, -0.2) is 16.3 Å². The SMILES string of the molecule is Cc1cccc(NC(=O)c2c3c(cn(-c4ccccc4)c2=O)C(=O)CC(C)(C)C3)c1C. The summed E-state index contributed by atoms with van der Waals surface area (Å²) in [5, 5.41) is 2.92. The van der Waals surface area contributed by atoms with Crippen molar-refractivity contribution in [2.24, 2.45) is 5.41 Å². The Bertz CT molecular complexity index is 1250. The number of carbonyl (C=O) groups is 2. The summed E-state index contributed by atoms with van der Waals surface area (Å²) in [4.78, 5) is 40.0. The first-order valence-corrected chi connectivity index (χ1v) is 10.4. The average molecular weight is 415 g/mol. The third kappa shape index (κ3) is 3.83. The Morgan fingerprint density at radius 3 is 2.39 bits per heavy atom. The Hall–Kier alpha value is -3.47. The number of pyridine rings is 1. The second-order valence-corrected chi connectivity index (χ2v) is 9.05. The number of rotatable bonds is 3. The minimum absolute atomic E-state index is 0.0447. The van der Waals surface area contributed by atoms with Crippen LogP contribution in [0.25, 0.3) is 5.69 Å². The molecule has 1 aliphatic rings. The Balaban J connectivity index is 1.92. The molecule has 0 fully saturated rings. The van der Waals surface area contributed by atoms with E-state index in [9.17, 15) is 14.4 Å². The lowest BCUT2D eigenvalue weighted by atomic mass is 9.73. The van der Waals surface area contributed by atoms with E-state index in [4.69, 9.17) is 0 Å². The molecule has 1 aromatic heterocycles. The van der Waals surface area contributed by atoms with E-state index >= 15 is 0 Å². The lowest BCUT2D eigenvalue weighted by Gasteiger charge is -2.31. The van der Waals surface area contributed by atoms with Gasteiger partial charge in [0, 0.05) is 29.6 Å². The number of amides is 1. The number of hydrogen-bond donors (Lipinski definition) is 1. The van der Waals surface area contributed by atoms with Crippen molar-refractivity contribution < 1.29 is 9.59 Å². The van der Waals surface area contributed by atoms with Gasteiger partial charge in [0.25, 0.3) is 11.5 Å². The summed E-state index contributed by atoms with van der Waals surface area (Å²) in [5.41, 5.74) is 3.58. The zero-order valence-corrected chi connectivity index (χ0v) is 18.3. The van der Waals surface area contributed by atoms with Crippen molar-refractivity contribution in [2.75, 3.05) is 5.32 Å². The molecule has 0 radical (unpaired) electrons. The molecule has 0 atom stereocenters. The zero-order valence-electron chi connectivity index (χ0n) is 18.3. The second-order valence-electron chi connectivity index (χ2n) is 9.05. The van der Waals surface area contributed by atoms with E-state index in [1.807, 2.05) is 64.1 Å². The van der Waals surface area contributed by atoms with Crippen LogP contribution in [0.4, 0.5) is 5.69 Å². The van der Waals surface area contributed by atoms with Crippen molar-refractivity contribution >= 4 is 17.4 Å². The highest BCUT2D eigenvalue weighted by Gasteiger charge is 2.36. The van der Waals surface area contributed by atoms with Gasteiger partial charge in [0.15, 0.2) is 5.78 Å². The summed E-state index contributed by atoms with van der Waals surface area (Å²) in [7, 11) is 0. The van der Waals surface area contributed by atoms with Gasteiger partial charge in [-0.05, 0) is 60.6 Å².